The summed E-state index contributed by atoms with van der Waals surface area (Å²) in [5.74, 6) is 2.89. The normalized spacial score (nSPS) is 47.5. The summed E-state index contributed by atoms with van der Waals surface area (Å²) in [5, 5.41) is 0. The maximum atomic E-state index is 2.55. The fourth-order valence-corrected chi connectivity index (χ4v) is 4.27. The molecule has 2 rings (SSSR count). The second-order valence-corrected chi connectivity index (χ2v) is 6.46. The van der Waals surface area contributed by atoms with Crippen molar-refractivity contribution in [2.45, 2.75) is 53.9 Å². The van der Waals surface area contributed by atoms with Crippen LogP contribution in [0, 0.1) is 28.6 Å². The van der Waals surface area contributed by atoms with E-state index in [-0.39, 0.29) is 0 Å². The van der Waals surface area contributed by atoms with Gasteiger partial charge in [0, 0.05) is 0 Å². The molecule has 0 unspecified atom stereocenters. The number of rotatable bonds is 1. The largest absolute Gasteiger partial charge is 0.0625 e. The third kappa shape index (κ3) is 0.980. The van der Waals surface area contributed by atoms with Crippen LogP contribution in [0.25, 0.3) is 0 Å². The van der Waals surface area contributed by atoms with Gasteiger partial charge in [-0.25, -0.2) is 0 Å². The summed E-state index contributed by atoms with van der Waals surface area (Å²) in [7, 11) is 0. The van der Waals surface area contributed by atoms with E-state index >= 15 is 0 Å². The van der Waals surface area contributed by atoms with Gasteiger partial charge in [-0.1, -0.05) is 34.6 Å². The highest BCUT2D eigenvalue weighted by Gasteiger charge is 2.61. The van der Waals surface area contributed by atoms with Crippen molar-refractivity contribution in [1.82, 2.24) is 0 Å². The summed E-state index contributed by atoms with van der Waals surface area (Å²) in [5.41, 5.74) is 1.26. The van der Waals surface area contributed by atoms with Crippen LogP contribution in [0.5, 0.6) is 0 Å². The highest BCUT2D eigenvalue weighted by atomic mass is 14.7. The zero-order valence-electron chi connectivity index (χ0n) is 9.85. The highest BCUT2D eigenvalue weighted by molar-refractivity contribution is 5.10. The van der Waals surface area contributed by atoms with Gasteiger partial charge in [0.1, 0.15) is 0 Å². The molecule has 13 heavy (non-hydrogen) atoms. The summed E-state index contributed by atoms with van der Waals surface area (Å²) in [4.78, 5) is 0. The molecule has 2 bridgehead atoms. The molecule has 0 spiro atoms. The van der Waals surface area contributed by atoms with Crippen LogP contribution >= 0.6 is 0 Å². The zero-order valence-corrected chi connectivity index (χ0v) is 9.85. The molecule has 0 aromatic heterocycles. The molecule has 0 aromatic rings. The van der Waals surface area contributed by atoms with Gasteiger partial charge in [-0.3, -0.25) is 0 Å². The van der Waals surface area contributed by atoms with Gasteiger partial charge in [0.25, 0.3) is 0 Å². The SMILES string of the molecule is CC(C)[C@@H]1C[C@H]2CC[C@@]1(C)C2(C)C. The van der Waals surface area contributed by atoms with Gasteiger partial charge in [-0.2, -0.15) is 0 Å². The topological polar surface area (TPSA) is 0 Å². The highest BCUT2D eigenvalue weighted by Crippen LogP contribution is 2.69. The monoisotopic (exact) mass is 180 g/mol. The van der Waals surface area contributed by atoms with Crippen LogP contribution in [0.4, 0.5) is 0 Å². The predicted molar refractivity (Wildman–Crippen MR) is 57.6 cm³/mol. The molecule has 0 heterocycles. The fraction of sp³-hybridized carbons (Fsp3) is 1.00. The third-order valence-corrected chi connectivity index (χ3v) is 5.67. The van der Waals surface area contributed by atoms with Gasteiger partial charge < -0.3 is 0 Å². The van der Waals surface area contributed by atoms with Crippen molar-refractivity contribution in [3.8, 4) is 0 Å². The molecule has 0 N–H and O–H groups in total. The van der Waals surface area contributed by atoms with Gasteiger partial charge in [-0.05, 0) is 47.8 Å². The van der Waals surface area contributed by atoms with Crippen molar-refractivity contribution in [2.75, 3.05) is 0 Å². The van der Waals surface area contributed by atoms with Crippen molar-refractivity contribution < 1.29 is 0 Å². The molecule has 2 aliphatic rings. The summed E-state index contributed by atoms with van der Waals surface area (Å²) >= 11 is 0. The van der Waals surface area contributed by atoms with Gasteiger partial charge in [-0.15, -0.1) is 0 Å². The molecule has 0 radical (unpaired) electrons. The molecule has 2 aliphatic carbocycles. The standard InChI is InChI=1S/C13H24/c1-9(2)11-8-10-6-7-13(11,5)12(10,3)4/h9-11H,6-8H2,1-5H3/t10-,11+,13-/m1/s1. The first-order valence-electron chi connectivity index (χ1n) is 5.89. The molecule has 76 valence electrons. The van der Waals surface area contributed by atoms with Crippen LogP contribution < -0.4 is 0 Å². The first-order chi connectivity index (χ1) is 5.89. The van der Waals surface area contributed by atoms with Gasteiger partial charge in [0.15, 0.2) is 0 Å². The van der Waals surface area contributed by atoms with Crippen molar-refractivity contribution in [2.24, 2.45) is 28.6 Å². The van der Waals surface area contributed by atoms with Crippen molar-refractivity contribution in [1.29, 1.82) is 0 Å². The Morgan fingerprint density at radius 1 is 1.15 bits per heavy atom. The predicted octanol–water partition coefficient (Wildman–Crippen LogP) is 4.10. The average Bonchev–Trinajstić information content (AvgIpc) is 2.34. The minimum absolute atomic E-state index is 0.613. The summed E-state index contributed by atoms with van der Waals surface area (Å²) < 4.78 is 0. The van der Waals surface area contributed by atoms with E-state index in [0.29, 0.717) is 10.8 Å². The molecule has 0 aromatic carbocycles. The van der Waals surface area contributed by atoms with E-state index in [1.807, 2.05) is 0 Å². The van der Waals surface area contributed by atoms with E-state index in [9.17, 15) is 0 Å². The summed E-state index contributed by atoms with van der Waals surface area (Å²) in [6.07, 6.45) is 4.47. The Labute approximate surface area is 83.1 Å². The van der Waals surface area contributed by atoms with E-state index in [4.69, 9.17) is 0 Å². The smallest absolute Gasteiger partial charge is 0.0241 e. The number of hydrogen-bond donors (Lipinski definition) is 0. The van der Waals surface area contributed by atoms with E-state index in [0.717, 1.165) is 17.8 Å². The van der Waals surface area contributed by atoms with Gasteiger partial charge in [0.05, 0.1) is 0 Å². The minimum Gasteiger partial charge on any atom is -0.0625 e. The maximum Gasteiger partial charge on any atom is -0.0241 e. The van der Waals surface area contributed by atoms with Crippen molar-refractivity contribution >= 4 is 0 Å². The number of hydrogen-bond acceptors (Lipinski definition) is 0. The Morgan fingerprint density at radius 3 is 2.00 bits per heavy atom. The maximum absolute atomic E-state index is 2.55. The molecule has 0 amide bonds. The quantitative estimate of drug-likeness (QED) is 0.570. The molecule has 0 aliphatic heterocycles. The molecule has 2 saturated carbocycles. The Bertz CT molecular complexity index is 214. The van der Waals surface area contributed by atoms with Crippen LogP contribution in [-0.4, -0.2) is 0 Å². The summed E-state index contributed by atoms with van der Waals surface area (Å²) in [6.45, 7) is 12.4. The van der Waals surface area contributed by atoms with E-state index < -0.39 is 0 Å². The fourth-order valence-electron chi connectivity index (χ4n) is 4.27. The first kappa shape index (κ1) is 9.55. The second-order valence-electron chi connectivity index (χ2n) is 6.46. The Balaban J connectivity index is 2.33. The molecule has 0 nitrogen and oxygen atoms in total. The number of fused-ring (bicyclic) bond motifs is 2. The lowest BCUT2D eigenvalue weighted by molar-refractivity contribution is 0.0766. The Morgan fingerprint density at radius 2 is 1.77 bits per heavy atom. The minimum atomic E-state index is 0.613. The molecule has 0 saturated heterocycles. The third-order valence-electron chi connectivity index (χ3n) is 5.67. The molecule has 3 atom stereocenters. The molecular weight excluding hydrogens is 156 g/mol. The van der Waals surface area contributed by atoms with Crippen LogP contribution in [0.2, 0.25) is 0 Å². The van der Waals surface area contributed by atoms with Crippen molar-refractivity contribution in [3.05, 3.63) is 0 Å². The van der Waals surface area contributed by atoms with E-state index in [2.05, 4.69) is 34.6 Å². The lowest BCUT2D eigenvalue weighted by atomic mass is 9.64. The van der Waals surface area contributed by atoms with E-state index in [1.165, 1.54) is 19.3 Å². The Kier molecular flexibility index (Phi) is 1.85. The average molecular weight is 180 g/mol. The second kappa shape index (κ2) is 2.52. The lowest BCUT2D eigenvalue weighted by Gasteiger charge is -2.41. The Hall–Kier alpha value is 0. The first-order valence-corrected chi connectivity index (χ1v) is 5.89. The summed E-state index contributed by atoms with van der Waals surface area (Å²) in [6, 6.07) is 0. The molecular formula is C13H24. The van der Waals surface area contributed by atoms with Crippen LogP contribution in [0.1, 0.15) is 53.9 Å². The van der Waals surface area contributed by atoms with Crippen molar-refractivity contribution in [3.63, 3.8) is 0 Å². The zero-order chi connectivity index (χ0) is 9.85. The van der Waals surface area contributed by atoms with E-state index in [1.54, 1.807) is 0 Å². The molecule has 0 heteroatoms. The molecule has 2 fully saturated rings. The van der Waals surface area contributed by atoms with Crippen LogP contribution in [0.15, 0.2) is 0 Å². The van der Waals surface area contributed by atoms with Gasteiger partial charge >= 0.3 is 0 Å². The van der Waals surface area contributed by atoms with Crippen LogP contribution in [-0.2, 0) is 0 Å². The van der Waals surface area contributed by atoms with Gasteiger partial charge in [0.2, 0.25) is 0 Å². The van der Waals surface area contributed by atoms with Crippen LogP contribution in [0.3, 0.4) is 0 Å². The lowest BCUT2D eigenvalue weighted by Crippen LogP contribution is -2.34.